The maximum absolute atomic E-state index is 14.7. The van der Waals surface area contributed by atoms with Crippen molar-refractivity contribution < 1.29 is 28.7 Å². The van der Waals surface area contributed by atoms with Gasteiger partial charge in [-0.25, -0.2) is 19.6 Å². The number of aromatic amines is 2. The van der Waals surface area contributed by atoms with Gasteiger partial charge in [-0.05, 0) is 163 Å². The summed E-state index contributed by atoms with van der Waals surface area (Å²) in [5.74, 6) is 4.49. The van der Waals surface area contributed by atoms with Gasteiger partial charge in [0.05, 0.1) is 35.9 Å². The van der Waals surface area contributed by atoms with Crippen LogP contribution in [0.25, 0.3) is 33.6 Å². The second kappa shape index (κ2) is 18.0. The number of fused-ring (bicyclic) bond motifs is 3. The molecule has 2 aromatic carbocycles. The molecule has 13 atom stereocenters. The van der Waals surface area contributed by atoms with Gasteiger partial charge in [-0.15, -0.1) is 0 Å². The van der Waals surface area contributed by atoms with E-state index in [0.717, 1.165) is 103 Å². The zero-order valence-electron chi connectivity index (χ0n) is 42.7. The number of hydrogen-bond donors (Lipinski definition) is 4. The molecule has 14 nitrogen and oxygen atoms in total. The fourth-order valence-corrected chi connectivity index (χ4v) is 13.0. The molecule has 0 radical (unpaired) electrons. The third-order valence-corrected chi connectivity index (χ3v) is 17.0. The lowest BCUT2D eigenvalue weighted by Crippen LogP contribution is -2.54. The number of carbonyl (C=O) groups excluding carboxylic acids is 4. The molecule has 6 aliphatic carbocycles. The van der Waals surface area contributed by atoms with E-state index in [0.29, 0.717) is 30.2 Å². The van der Waals surface area contributed by atoms with Crippen molar-refractivity contribution >= 4 is 24.0 Å². The molecule has 4 aromatic rings. The van der Waals surface area contributed by atoms with Gasteiger partial charge in [0.15, 0.2) is 0 Å². The SMILES string of the molecule is CC[C@H]1C[C@@H](c2ncc(-c3ccc(-c4ccc(-c5cnc([C@@H]6C[C@H]7C[C@H]7N6C(=O)C(NC(=O)OC(C)(C)C)C6CC[C@H]7C[C@H]7C6)[nH]5)cc4)cc3)[nH]2)N(C(=O)C(NC(=O)OC(C)(C)C)[C@@H]2CC3=C[C@@H]2[C@@H]3C)C1. The number of rotatable bonds is 12. The van der Waals surface area contributed by atoms with E-state index in [-0.39, 0.29) is 47.7 Å². The van der Waals surface area contributed by atoms with Gasteiger partial charge in [0.1, 0.15) is 34.9 Å². The van der Waals surface area contributed by atoms with Crippen LogP contribution in [-0.4, -0.2) is 89.6 Å². The Morgan fingerprint density at radius 2 is 1.27 bits per heavy atom. The minimum absolute atomic E-state index is 0.00329. The van der Waals surface area contributed by atoms with Crippen LogP contribution in [0.4, 0.5) is 9.59 Å². The number of allylic oxidation sites excluding steroid dienone is 2. The molecule has 4 amide bonds. The highest BCUT2D eigenvalue weighted by molar-refractivity contribution is 5.88. The lowest BCUT2D eigenvalue weighted by Gasteiger charge is -2.36. The first-order chi connectivity index (χ1) is 33.9. The van der Waals surface area contributed by atoms with Crippen LogP contribution < -0.4 is 10.6 Å². The second-order valence-corrected chi connectivity index (χ2v) is 24.1. The highest BCUT2D eigenvalue weighted by Gasteiger charge is 2.58. The van der Waals surface area contributed by atoms with E-state index in [1.165, 1.54) is 12.0 Å². The summed E-state index contributed by atoms with van der Waals surface area (Å²) in [6.07, 6.45) is 13.6. The van der Waals surface area contributed by atoms with Crippen molar-refractivity contribution in [1.82, 2.24) is 40.4 Å². The van der Waals surface area contributed by atoms with Crippen LogP contribution in [0.2, 0.25) is 0 Å². The number of H-pyrrole nitrogens is 2. The number of piperidine rings is 1. The van der Waals surface area contributed by atoms with Crippen molar-refractivity contribution in [1.29, 1.82) is 0 Å². The fourth-order valence-electron chi connectivity index (χ4n) is 13.0. The molecule has 0 spiro atoms. The van der Waals surface area contributed by atoms with Crippen LogP contribution in [0.1, 0.15) is 137 Å². The summed E-state index contributed by atoms with van der Waals surface area (Å²) in [5.41, 5.74) is 5.96. The minimum atomic E-state index is -0.684. The predicted molar refractivity (Wildman–Crippen MR) is 270 cm³/mol. The van der Waals surface area contributed by atoms with Gasteiger partial charge in [-0.3, -0.25) is 9.59 Å². The van der Waals surface area contributed by atoms with E-state index in [4.69, 9.17) is 19.4 Å². The van der Waals surface area contributed by atoms with E-state index < -0.39 is 35.5 Å². The second-order valence-electron chi connectivity index (χ2n) is 24.1. The van der Waals surface area contributed by atoms with E-state index in [1.807, 2.05) is 63.7 Å². The zero-order chi connectivity index (χ0) is 49.7. The Bertz CT molecular complexity index is 2710. The minimum Gasteiger partial charge on any atom is -0.444 e. The molecule has 2 aliphatic heterocycles. The smallest absolute Gasteiger partial charge is 0.408 e. The number of alkyl carbamates (subject to hydrolysis) is 2. The number of nitrogens with one attached hydrogen (secondary N) is 4. The number of carbonyl (C=O) groups is 4. The fraction of sp³-hybridized carbons (Fsp3) is 0.579. The molecular formula is C57H72N8O6. The Hall–Kier alpha value is -5.92. The molecule has 2 bridgehead atoms. The van der Waals surface area contributed by atoms with Crippen molar-refractivity contribution in [2.24, 2.45) is 47.3 Å². The van der Waals surface area contributed by atoms with Crippen LogP contribution >= 0.6 is 0 Å². The molecule has 6 fully saturated rings. The highest BCUT2D eigenvalue weighted by atomic mass is 16.6. The monoisotopic (exact) mass is 965 g/mol. The lowest BCUT2D eigenvalue weighted by molar-refractivity contribution is -0.138. The Labute approximate surface area is 417 Å². The summed E-state index contributed by atoms with van der Waals surface area (Å²) in [7, 11) is 0. The molecule has 376 valence electrons. The highest BCUT2D eigenvalue weighted by Crippen LogP contribution is 2.56. The van der Waals surface area contributed by atoms with Crippen LogP contribution in [0, 0.1) is 47.3 Å². The Morgan fingerprint density at radius 3 is 1.80 bits per heavy atom. The van der Waals surface area contributed by atoms with Crippen molar-refractivity contribution in [2.75, 3.05) is 6.54 Å². The largest absolute Gasteiger partial charge is 0.444 e. The summed E-state index contributed by atoms with van der Waals surface area (Å²) in [6.45, 7) is 16.1. The first kappa shape index (κ1) is 47.4. The molecule has 2 saturated heterocycles. The van der Waals surface area contributed by atoms with Gasteiger partial charge >= 0.3 is 12.2 Å². The first-order valence-corrected chi connectivity index (χ1v) is 26.5. The van der Waals surface area contributed by atoms with Crippen LogP contribution in [0.15, 0.2) is 72.6 Å². The van der Waals surface area contributed by atoms with Gasteiger partial charge < -0.3 is 39.9 Å². The summed E-state index contributed by atoms with van der Waals surface area (Å²) in [4.78, 5) is 76.6. The molecule has 71 heavy (non-hydrogen) atoms. The van der Waals surface area contributed by atoms with Crippen LogP contribution in [0.5, 0.6) is 0 Å². The third kappa shape index (κ3) is 9.52. The summed E-state index contributed by atoms with van der Waals surface area (Å²) in [5, 5.41) is 6.09. The lowest BCUT2D eigenvalue weighted by atomic mass is 9.79. The van der Waals surface area contributed by atoms with Gasteiger partial charge in [0.2, 0.25) is 11.8 Å². The number of nitrogens with zero attached hydrogens (tertiary/aromatic N) is 4. The maximum atomic E-state index is 14.7. The number of hydrogen-bond acceptors (Lipinski definition) is 8. The number of aromatic nitrogens is 4. The standard InChI is InChI=1S/C57H72N8O6/c1-9-31-20-46(64(29-31)52(66)49(63-55(69)71-57(6,7)8)42-24-38-23-41(42)30(38)2)50-58-27-43(60-50)34-14-10-32(11-15-34)33-12-16-35(17-13-33)44-28-59-51(61-44)47-26-40-25-45(40)65(47)53(67)48(62-54(68)70-56(3,4)5)37-19-18-36-21-39(36)22-37/h10-17,23,27-28,30-31,36-37,39-42,45-49H,9,18-22,24-26,29H2,1-8H3,(H,58,60)(H,59,61)(H,62,68)(H,63,69)/t30-,31+,36+,37?,39+,40-,41-,42-,45-,46+,47+,48?,49?/m1/s1. The van der Waals surface area contributed by atoms with E-state index in [9.17, 15) is 19.2 Å². The molecule has 4 heterocycles. The third-order valence-electron chi connectivity index (χ3n) is 17.0. The normalized spacial score (nSPS) is 30.1. The predicted octanol–water partition coefficient (Wildman–Crippen LogP) is 10.5. The molecule has 14 heteroatoms. The summed E-state index contributed by atoms with van der Waals surface area (Å²) in [6, 6.07) is 15.3. The van der Waals surface area contributed by atoms with E-state index in [1.54, 1.807) is 0 Å². The Kier molecular flexibility index (Phi) is 12.0. The Balaban J connectivity index is 0.757. The average Bonchev–Trinajstić information content (AvgIpc) is 3.75. The van der Waals surface area contributed by atoms with Gasteiger partial charge in [-0.2, -0.15) is 0 Å². The van der Waals surface area contributed by atoms with E-state index >= 15 is 0 Å². The van der Waals surface area contributed by atoms with Crippen molar-refractivity contribution in [2.45, 2.75) is 155 Å². The van der Waals surface area contributed by atoms with Crippen molar-refractivity contribution in [3.05, 3.63) is 84.2 Å². The molecule has 2 aromatic heterocycles. The topological polar surface area (TPSA) is 175 Å². The number of imidazole rings is 2. The molecular weight excluding hydrogens is 893 g/mol. The van der Waals surface area contributed by atoms with E-state index in [2.05, 4.69) is 89.1 Å². The average molecular weight is 965 g/mol. The molecule has 4 N–H and O–H groups in total. The summed E-state index contributed by atoms with van der Waals surface area (Å²) >= 11 is 0. The van der Waals surface area contributed by atoms with Crippen LogP contribution in [-0.2, 0) is 19.1 Å². The molecule has 4 saturated carbocycles. The van der Waals surface area contributed by atoms with Crippen molar-refractivity contribution in [3.63, 3.8) is 0 Å². The number of likely N-dealkylation sites (tertiary alicyclic amines) is 2. The maximum Gasteiger partial charge on any atom is 0.408 e. The van der Waals surface area contributed by atoms with Gasteiger partial charge in [-0.1, -0.05) is 80.4 Å². The first-order valence-electron chi connectivity index (χ1n) is 26.5. The molecule has 12 rings (SSSR count). The molecule has 3 unspecified atom stereocenters. The quantitative estimate of drug-likeness (QED) is 0.102. The Morgan fingerprint density at radius 1 is 0.690 bits per heavy atom. The van der Waals surface area contributed by atoms with Crippen LogP contribution in [0.3, 0.4) is 0 Å². The van der Waals surface area contributed by atoms with Crippen molar-refractivity contribution in [3.8, 4) is 33.6 Å². The number of benzene rings is 2. The number of ether oxygens (including phenoxy) is 2. The summed E-state index contributed by atoms with van der Waals surface area (Å²) < 4.78 is 11.3. The number of amides is 4. The molecule has 8 aliphatic rings. The van der Waals surface area contributed by atoms with Gasteiger partial charge in [0.25, 0.3) is 0 Å². The van der Waals surface area contributed by atoms with Gasteiger partial charge in [0, 0.05) is 12.6 Å². The zero-order valence-corrected chi connectivity index (χ0v) is 42.7.